The molecule has 4 rings (SSSR count). The fraction of sp³-hybridized carbons (Fsp3) is 0.100. The number of H-pyrrole nitrogens is 1. The first-order valence-corrected chi connectivity index (χ1v) is 9.62. The third-order valence-corrected chi connectivity index (χ3v) is 5.06. The molecule has 0 aliphatic rings. The summed E-state index contributed by atoms with van der Waals surface area (Å²) in [6, 6.07) is 14.3. The maximum Gasteiger partial charge on any atom is 0.276 e. The molecule has 10 heteroatoms. The number of hydrogen-bond donors (Lipinski definition) is 2. The molecular weight excluding hydrogens is 427 g/mol. The highest BCUT2D eigenvalue weighted by atomic mass is 35.5. The van der Waals surface area contributed by atoms with E-state index >= 15 is 0 Å². The van der Waals surface area contributed by atoms with E-state index in [4.69, 9.17) is 27.9 Å². The summed E-state index contributed by atoms with van der Waals surface area (Å²) >= 11 is 12.4. The van der Waals surface area contributed by atoms with Gasteiger partial charge in [0, 0.05) is 21.2 Å². The van der Waals surface area contributed by atoms with Crippen LogP contribution in [-0.4, -0.2) is 38.0 Å². The Hall–Kier alpha value is -3.36. The molecule has 4 aromatic rings. The van der Waals surface area contributed by atoms with Gasteiger partial charge in [-0.1, -0.05) is 29.3 Å². The van der Waals surface area contributed by atoms with Gasteiger partial charge in [-0.3, -0.25) is 15.2 Å². The lowest BCUT2D eigenvalue weighted by molar-refractivity contribution is 0.102. The van der Waals surface area contributed by atoms with Gasteiger partial charge in [0.2, 0.25) is 5.95 Å². The molecule has 0 fully saturated rings. The highest BCUT2D eigenvalue weighted by molar-refractivity contribution is 6.35. The van der Waals surface area contributed by atoms with E-state index in [-0.39, 0.29) is 11.6 Å². The molecule has 0 unspecified atom stereocenters. The van der Waals surface area contributed by atoms with Crippen LogP contribution in [0.2, 0.25) is 10.0 Å². The van der Waals surface area contributed by atoms with E-state index in [1.54, 1.807) is 36.1 Å². The SMILES string of the molecule is COc1ccc(-c2cc(C(=O)Nc3ncn(Cc4c(Cl)cccc4Cl)n3)[nH]n2)cc1. The smallest absolute Gasteiger partial charge is 0.276 e. The predicted molar refractivity (Wildman–Crippen MR) is 114 cm³/mol. The van der Waals surface area contributed by atoms with Gasteiger partial charge < -0.3 is 4.74 Å². The highest BCUT2D eigenvalue weighted by Crippen LogP contribution is 2.25. The molecule has 2 N–H and O–H groups in total. The molecule has 30 heavy (non-hydrogen) atoms. The summed E-state index contributed by atoms with van der Waals surface area (Å²) in [4.78, 5) is 16.6. The molecule has 0 bridgehead atoms. The number of aromatic nitrogens is 5. The Kier molecular flexibility index (Phi) is 5.69. The molecule has 0 aliphatic carbocycles. The van der Waals surface area contributed by atoms with E-state index in [1.165, 1.54) is 6.33 Å². The number of benzene rings is 2. The summed E-state index contributed by atoms with van der Waals surface area (Å²) in [6.07, 6.45) is 1.49. The van der Waals surface area contributed by atoms with Crippen LogP contribution in [0.1, 0.15) is 16.1 Å². The van der Waals surface area contributed by atoms with Crippen LogP contribution >= 0.6 is 23.2 Å². The predicted octanol–water partition coefficient (Wildman–Crippen LogP) is 4.28. The summed E-state index contributed by atoms with van der Waals surface area (Å²) in [5.41, 5.74) is 2.49. The van der Waals surface area contributed by atoms with Crippen molar-refractivity contribution in [2.45, 2.75) is 6.54 Å². The van der Waals surface area contributed by atoms with Gasteiger partial charge in [-0.2, -0.15) is 5.10 Å². The number of halogens is 2. The number of anilines is 1. The number of aromatic amines is 1. The number of nitrogens with zero attached hydrogens (tertiary/aromatic N) is 4. The van der Waals surface area contributed by atoms with Gasteiger partial charge in [0.1, 0.15) is 17.8 Å². The van der Waals surface area contributed by atoms with Gasteiger partial charge in [-0.15, -0.1) is 5.10 Å². The maximum atomic E-state index is 12.5. The van der Waals surface area contributed by atoms with Crippen LogP contribution in [0.15, 0.2) is 54.9 Å². The molecule has 0 saturated heterocycles. The quantitative estimate of drug-likeness (QED) is 0.464. The number of nitrogens with one attached hydrogen (secondary N) is 2. The maximum absolute atomic E-state index is 12.5. The monoisotopic (exact) mass is 442 g/mol. The van der Waals surface area contributed by atoms with Crippen molar-refractivity contribution in [1.29, 1.82) is 0 Å². The molecule has 8 nitrogen and oxygen atoms in total. The van der Waals surface area contributed by atoms with Crippen molar-refractivity contribution in [1.82, 2.24) is 25.0 Å². The Labute approximate surface area is 181 Å². The lowest BCUT2D eigenvalue weighted by atomic mass is 10.1. The fourth-order valence-corrected chi connectivity index (χ4v) is 3.31. The minimum absolute atomic E-state index is 0.156. The molecule has 1 amide bonds. The van der Waals surface area contributed by atoms with E-state index < -0.39 is 5.91 Å². The second-order valence-electron chi connectivity index (χ2n) is 6.32. The minimum Gasteiger partial charge on any atom is -0.497 e. The van der Waals surface area contributed by atoms with Crippen LogP contribution in [0.3, 0.4) is 0 Å². The molecule has 152 valence electrons. The van der Waals surface area contributed by atoms with Crippen molar-refractivity contribution in [3.05, 3.63) is 76.2 Å². The Bertz CT molecular complexity index is 1170. The average molecular weight is 443 g/mol. The van der Waals surface area contributed by atoms with Crippen molar-refractivity contribution >= 4 is 35.1 Å². The van der Waals surface area contributed by atoms with E-state index in [2.05, 4.69) is 25.6 Å². The first-order chi connectivity index (χ1) is 14.5. The second kappa shape index (κ2) is 8.56. The summed E-state index contributed by atoms with van der Waals surface area (Å²) in [6.45, 7) is 0.326. The summed E-state index contributed by atoms with van der Waals surface area (Å²) in [5.74, 6) is 0.492. The van der Waals surface area contributed by atoms with Crippen LogP contribution in [0.25, 0.3) is 11.3 Å². The normalized spacial score (nSPS) is 10.8. The van der Waals surface area contributed by atoms with Crippen LogP contribution < -0.4 is 10.1 Å². The van der Waals surface area contributed by atoms with Crippen LogP contribution in [0, 0.1) is 0 Å². The Balaban J connectivity index is 1.44. The first-order valence-electron chi connectivity index (χ1n) is 8.87. The zero-order chi connectivity index (χ0) is 21.1. The molecule has 0 saturated carbocycles. The average Bonchev–Trinajstić information content (AvgIpc) is 3.41. The third kappa shape index (κ3) is 4.29. The van der Waals surface area contributed by atoms with Gasteiger partial charge in [0.15, 0.2) is 0 Å². The second-order valence-corrected chi connectivity index (χ2v) is 7.13. The lowest BCUT2D eigenvalue weighted by Gasteiger charge is -2.06. The van der Waals surface area contributed by atoms with Crippen molar-refractivity contribution in [3.63, 3.8) is 0 Å². The highest BCUT2D eigenvalue weighted by Gasteiger charge is 2.14. The number of carbonyl (C=O) groups excluding carboxylic acids is 1. The topological polar surface area (TPSA) is 97.7 Å². The molecule has 2 heterocycles. The van der Waals surface area contributed by atoms with Crippen molar-refractivity contribution in [2.75, 3.05) is 12.4 Å². The molecule has 0 atom stereocenters. The Morgan fingerprint density at radius 1 is 1.17 bits per heavy atom. The Morgan fingerprint density at radius 3 is 2.60 bits per heavy atom. The van der Waals surface area contributed by atoms with Crippen LogP contribution in [0.4, 0.5) is 5.95 Å². The van der Waals surface area contributed by atoms with Crippen LogP contribution in [-0.2, 0) is 6.54 Å². The number of rotatable bonds is 6. The van der Waals surface area contributed by atoms with E-state index in [0.29, 0.717) is 22.3 Å². The largest absolute Gasteiger partial charge is 0.497 e. The van der Waals surface area contributed by atoms with Gasteiger partial charge in [0.05, 0.1) is 19.3 Å². The number of carbonyl (C=O) groups is 1. The lowest BCUT2D eigenvalue weighted by Crippen LogP contribution is -2.14. The first kappa shape index (κ1) is 19.9. The molecular formula is C20H16Cl2N6O2. The van der Waals surface area contributed by atoms with Gasteiger partial charge in [-0.25, -0.2) is 9.67 Å². The fourth-order valence-electron chi connectivity index (χ4n) is 2.79. The summed E-state index contributed by atoms with van der Waals surface area (Å²) < 4.78 is 6.68. The van der Waals surface area contributed by atoms with Crippen molar-refractivity contribution in [3.8, 4) is 17.0 Å². The van der Waals surface area contributed by atoms with Crippen molar-refractivity contribution < 1.29 is 9.53 Å². The van der Waals surface area contributed by atoms with E-state index in [9.17, 15) is 4.79 Å². The van der Waals surface area contributed by atoms with E-state index in [1.807, 2.05) is 24.3 Å². The molecule has 2 aromatic carbocycles. The van der Waals surface area contributed by atoms with E-state index in [0.717, 1.165) is 16.9 Å². The van der Waals surface area contributed by atoms with Gasteiger partial charge >= 0.3 is 0 Å². The summed E-state index contributed by atoms with van der Waals surface area (Å²) in [5, 5.41) is 14.9. The number of hydrogen-bond acceptors (Lipinski definition) is 5. The minimum atomic E-state index is -0.407. The Morgan fingerprint density at radius 2 is 1.90 bits per heavy atom. The zero-order valence-electron chi connectivity index (χ0n) is 15.8. The zero-order valence-corrected chi connectivity index (χ0v) is 17.3. The number of ether oxygens (including phenoxy) is 1. The number of methoxy groups -OCH3 is 1. The number of amides is 1. The third-order valence-electron chi connectivity index (χ3n) is 4.35. The molecule has 0 radical (unpaired) electrons. The standard InChI is InChI=1S/C20H16Cl2N6O2/c1-30-13-7-5-12(6-8-13)17-9-18(26-25-17)19(29)24-20-23-11-28(27-20)10-14-15(21)3-2-4-16(14)22/h2-9,11H,10H2,1H3,(H,25,26)(H,24,27,29). The summed E-state index contributed by atoms with van der Waals surface area (Å²) in [7, 11) is 1.60. The molecule has 2 aromatic heterocycles. The van der Waals surface area contributed by atoms with Gasteiger partial charge in [-0.05, 0) is 42.5 Å². The molecule has 0 aliphatic heterocycles. The molecule has 0 spiro atoms. The van der Waals surface area contributed by atoms with Crippen LogP contribution in [0.5, 0.6) is 5.75 Å². The van der Waals surface area contributed by atoms with Crippen molar-refractivity contribution in [2.24, 2.45) is 0 Å². The van der Waals surface area contributed by atoms with Gasteiger partial charge in [0.25, 0.3) is 5.91 Å².